The van der Waals surface area contributed by atoms with Crippen LogP contribution in [0.25, 0.3) is 0 Å². The molecular weight excluding hydrogens is 504 g/mol. The quantitative estimate of drug-likeness (QED) is 0.311. The Hall–Kier alpha value is -2.37. The lowest BCUT2D eigenvalue weighted by molar-refractivity contribution is -0.145. The Balaban J connectivity index is 1.84. The Morgan fingerprint density at radius 1 is 1.39 bits per heavy atom. The summed E-state index contributed by atoms with van der Waals surface area (Å²) in [6.07, 6.45) is 4.75. The van der Waals surface area contributed by atoms with Crippen LogP contribution < -0.4 is 9.47 Å². The second-order valence-electron chi connectivity index (χ2n) is 8.99. The minimum atomic E-state index is -0.448. The number of halogens is 1. The molecule has 8 heteroatoms. The van der Waals surface area contributed by atoms with Crippen molar-refractivity contribution in [3.63, 3.8) is 0 Å². The maximum Gasteiger partial charge on any atom is 0.344 e. The molecular formula is C25H29BrN2O4S. The molecule has 33 heavy (non-hydrogen) atoms. The topological polar surface area (TPSA) is 80.9 Å². The molecule has 1 aromatic carbocycles. The van der Waals surface area contributed by atoms with Gasteiger partial charge in [-0.25, -0.2) is 9.79 Å². The number of nitrogens with zero attached hydrogens (tertiary/aromatic N) is 2. The maximum atomic E-state index is 11.6. The van der Waals surface area contributed by atoms with E-state index in [9.17, 15) is 10.1 Å². The first kappa shape index (κ1) is 25.3. The minimum Gasteiger partial charge on any atom is -0.493 e. The highest BCUT2D eigenvalue weighted by Crippen LogP contribution is 2.45. The number of carbonyl (C=O) groups excluding carboxylic acids is 1. The fraction of sp³-hybridized carbons (Fsp3) is 0.480. The van der Waals surface area contributed by atoms with E-state index >= 15 is 0 Å². The van der Waals surface area contributed by atoms with Crippen molar-refractivity contribution in [2.75, 3.05) is 20.3 Å². The van der Waals surface area contributed by atoms with Crippen molar-refractivity contribution in [1.82, 2.24) is 0 Å². The number of hydrogen-bond donors (Lipinski definition) is 0. The Kier molecular flexibility index (Phi) is 8.19. The zero-order valence-electron chi connectivity index (χ0n) is 19.7. The van der Waals surface area contributed by atoms with Gasteiger partial charge in [-0.05, 0) is 76.7 Å². The first-order valence-corrected chi connectivity index (χ1v) is 12.5. The summed E-state index contributed by atoms with van der Waals surface area (Å²) in [7, 11) is 1.53. The highest BCUT2D eigenvalue weighted by atomic mass is 79.9. The van der Waals surface area contributed by atoms with Gasteiger partial charge >= 0.3 is 5.97 Å². The lowest BCUT2D eigenvalue weighted by Crippen LogP contribution is -2.26. The summed E-state index contributed by atoms with van der Waals surface area (Å²) in [5.74, 6) is 1.04. The van der Waals surface area contributed by atoms with Crippen LogP contribution in [0, 0.1) is 22.7 Å². The van der Waals surface area contributed by atoms with E-state index in [0.717, 1.165) is 35.4 Å². The van der Waals surface area contributed by atoms with Gasteiger partial charge in [-0.3, -0.25) is 0 Å². The van der Waals surface area contributed by atoms with Crippen LogP contribution in [0.1, 0.15) is 55.7 Å². The van der Waals surface area contributed by atoms with Gasteiger partial charge in [-0.1, -0.05) is 20.8 Å². The monoisotopic (exact) mass is 532 g/mol. The number of methoxy groups -OCH3 is 1. The van der Waals surface area contributed by atoms with Crippen molar-refractivity contribution in [1.29, 1.82) is 5.26 Å². The summed E-state index contributed by atoms with van der Waals surface area (Å²) in [5.41, 5.74) is 2.89. The van der Waals surface area contributed by atoms with E-state index in [2.05, 4.69) is 47.8 Å². The molecule has 0 saturated heterocycles. The smallest absolute Gasteiger partial charge is 0.344 e. The largest absolute Gasteiger partial charge is 0.493 e. The van der Waals surface area contributed by atoms with Gasteiger partial charge in [0, 0.05) is 11.1 Å². The Labute approximate surface area is 207 Å². The van der Waals surface area contributed by atoms with E-state index in [1.165, 1.54) is 12.0 Å². The van der Waals surface area contributed by atoms with Gasteiger partial charge in [0.15, 0.2) is 18.1 Å². The molecule has 0 saturated carbocycles. The van der Waals surface area contributed by atoms with E-state index in [-0.39, 0.29) is 12.0 Å². The molecule has 0 fully saturated rings. The predicted octanol–water partition coefficient (Wildman–Crippen LogP) is 6.23. The highest BCUT2D eigenvalue weighted by Gasteiger charge is 2.32. The summed E-state index contributed by atoms with van der Waals surface area (Å²) >= 11 is 5.10. The van der Waals surface area contributed by atoms with E-state index in [4.69, 9.17) is 14.2 Å². The molecule has 0 spiro atoms. The number of benzene rings is 1. The number of hydrogen-bond acceptors (Lipinski definition) is 7. The van der Waals surface area contributed by atoms with E-state index in [1.807, 2.05) is 6.07 Å². The van der Waals surface area contributed by atoms with Gasteiger partial charge in [0.05, 0.1) is 23.8 Å². The van der Waals surface area contributed by atoms with Crippen molar-refractivity contribution < 1.29 is 19.0 Å². The third kappa shape index (κ3) is 5.96. The third-order valence-corrected chi connectivity index (χ3v) is 7.56. The fourth-order valence-electron chi connectivity index (χ4n) is 3.94. The van der Waals surface area contributed by atoms with E-state index in [0.29, 0.717) is 34.1 Å². The average Bonchev–Trinajstić information content (AvgIpc) is 3.12. The SMILES string of the molecule is CCOC(=O)COc1c(Br)cc(C=Nc2sc3c(c2C#N)CC[C@@H](C(C)(C)C)C3)cc1OC. The molecule has 0 unspecified atom stereocenters. The molecule has 3 rings (SSSR count). The van der Waals surface area contributed by atoms with Crippen LogP contribution in [0.5, 0.6) is 11.5 Å². The average molecular weight is 533 g/mol. The normalized spacial score (nSPS) is 15.7. The van der Waals surface area contributed by atoms with Crippen LogP contribution in [0.15, 0.2) is 21.6 Å². The lowest BCUT2D eigenvalue weighted by Gasteiger charge is -2.33. The number of aliphatic imine (C=N–C) groups is 1. The predicted molar refractivity (Wildman–Crippen MR) is 134 cm³/mol. The number of carbonyl (C=O) groups is 1. The standard InChI is InChI=1S/C25H29BrN2O4S/c1-6-31-22(29)14-32-23-19(26)9-15(10-20(23)30-5)13-28-24-18(12-27)17-8-7-16(25(2,3)4)11-21(17)33-24/h9-10,13,16H,6-8,11,14H2,1-5H3/t16-/m1/s1. The second-order valence-corrected chi connectivity index (χ2v) is 10.9. The minimum absolute atomic E-state index is 0.210. The number of esters is 1. The summed E-state index contributed by atoms with van der Waals surface area (Å²) < 4.78 is 16.6. The molecule has 2 aromatic rings. The van der Waals surface area contributed by atoms with Crippen molar-refractivity contribution in [3.8, 4) is 17.6 Å². The maximum absolute atomic E-state index is 11.6. The molecule has 0 amide bonds. The molecule has 0 aliphatic heterocycles. The molecule has 1 atom stereocenters. The van der Waals surface area contributed by atoms with Crippen LogP contribution in [-0.2, 0) is 22.4 Å². The molecule has 0 bridgehead atoms. The summed E-state index contributed by atoms with van der Waals surface area (Å²) in [5, 5.41) is 10.5. The molecule has 1 heterocycles. The molecule has 6 nitrogen and oxygen atoms in total. The van der Waals surface area contributed by atoms with E-state index in [1.54, 1.807) is 30.5 Å². The van der Waals surface area contributed by atoms with Crippen LogP contribution in [0.4, 0.5) is 5.00 Å². The second kappa shape index (κ2) is 10.7. The molecule has 0 N–H and O–H groups in total. The van der Waals surface area contributed by atoms with Gasteiger partial charge in [-0.2, -0.15) is 5.26 Å². The molecule has 1 aliphatic rings. The van der Waals surface area contributed by atoms with Crippen LogP contribution in [0.3, 0.4) is 0 Å². The van der Waals surface area contributed by atoms with Gasteiger partial charge in [0.2, 0.25) is 0 Å². The van der Waals surface area contributed by atoms with Gasteiger partial charge < -0.3 is 14.2 Å². The van der Waals surface area contributed by atoms with Crippen molar-refractivity contribution in [2.24, 2.45) is 16.3 Å². The Bertz CT molecular complexity index is 1100. The summed E-state index contributed by atoms with van der Waals surface area (Å²) in [6, 6.07) is 5.99. The zero-order chi connectivity index (χ0) is 24.2. The van der Waals surface area contributed by atoms with Gasteiger partial charge in [-0.15, -0.1) is 11.3 Å². The first-order valence-electron chi connectivity index (χ1n) is 10.9. The first-order chi connectivity index (χ1) is 15.7. The highest BCUT2D eigenvalue weighted by molar-refractivity contribution is 9.10. The van der Waals surface area contributed by atoms with E-state index < -0.39 is 5.97 Å². The third-order valence-electron chi connectivity index (χ3n) is 5.81. The van der Waals surface area contributed by atoms with Gasteiger partial charge in [0.1, 0.15) is 11.1 Å². The molecule has 1 aromatic heterocycles. The van der Waals surface area contributed by atoms with Crippen LogP contribution in [-0.4, -0.2) is 32.5 Å². The fourth-order valence-corrected chi connectivity index (χ4v) is 5.73. The van der Waals surface area contributed by atoms with Crippen molar-refractivity contribution >= 4 is 44.5 Å². The van der Waals surface area contributed by atoms with Gasteiger partial charge in [0.25, 0.3) is 0 Å². The number of thiophene rings is 1. The van der Waals surface area contributed by atoms with Crippen LogP contribution in [0.2, 0.25) is 0 Å². The van der Waals surface area contributed by atoms with Crippen molar-refractivity contribution in [3.05, 3.63) is 38.2 Å². The summed E-state index contributed by atoms with van der Waals surface area (Å²) in [6.45, 7) is 8.68. The van der Waals surface area contributed by atoms with Crippen molar-refractivity contribution in [2.45, 2.75) is 47.0 Å². The Morgan fingerprint density at radius 3 is 2.79 bits per heavy atom. The summed E-state index contributed by atoms with van der Waals surface area (Å²) in [4.78, 5) is 17.6. The number of ether oxygens (including phenoxy) is 3. The lowest BCUT2D eigenvalue weighted by atomic mass is 9.72. The number of rotatable bonds is 7. The zero-order valence-corrected chi connectivity index (χ0v) is 22.1. The molecule has 176 valence electrons. The number of nitriles is 1. The Morgan fingerprint density at radius 2 is 2.15 bits per heavy atom. The number of fused-ring (bicyclic) bond motifs is 1. The van der Waals surface area contributed by atoms with Crippen LogP contribution >= 0.6 is 27.3 Å². The molecule has 0 radical (unpaired) electrons. The molecule has 1 aliphatic carbocycles.